The number of aromatic hydroxyl groups is 2. The lowest BCUT2D eigenvalue weighted by molar-refractivity contribution is 0.437. The molecule has 1 aromatic rings. The average Bonchev–Trinajstić information content (AvgIpc) is 2.14. The zero-order chi connectivity index (χ0) is 13.1. The van der Waals surface area contributed by atoms with Crippen molar-refractivity contribution in [2.45, 2.75) is 37.5 Å². The molecule has 96 valence electrons. The first kappa shape index (κ1) is 13.8. The van der Waals surface area contributed by atoms with Crippen molar-refractivity contribution in [3.63, 3.8) is 0 Å². The highest BCUT2D eigenvalue weighted by molar-refractivity contribution is 7.90. The maximum atomic E-state index is 11.6. The number of unbranched alkanes of at least 4 members (excludes halogenated alkanes) is 2. The molecule has 0 bridgehead atoms. The van der Waals surface area contributed by atoms with E-state index in [1.54, 1.807) is 0 Å². The first-order valence-electron chi connectivity index (χ1n) is 5.61. The van der Waals surface area contributed by atoms with E-state index >= 15 is 0 Å². The molecule has 0 aromatic heterocycles. The van der Waals surface area contributed by atoms with Gasteiger partial charge in [-0.2, -0.15) is 0 Å². The van der Waals surface area contributed by atoms with Crippen LogP contribution in [0, 0.1) is 0 Å². The van der Waals surface area contributed by atoms with Gasteiger partial charge in [-0.1, -0.05) is 19.8 Å². The van der Waals surface area contributed by atoms with Crippen LogP contribution in [0.1, 0.15) is 31.7 Å². The van der Waals surface area contributed by atoms with E-state index < -0.39 is 9.84 Å². The number of rotatable bonds is 5. The molecule has 5 heteroatoms. The highest BCUT2D eigenvalue weighted by Crippen LogP contribution is 2.32. The van der Waals surface area contributed by atoms with Crippen LogP contribution in [0.3, 0.4) is 0 Å². The van der Waals surface area contributed by atoms with Crippen molar-refractivity contribution >= 4 is 9.84 Å². The number of hydrogen-bond acceptors (Lipinski definition) is 4. The Hall–Kier alpha value is -1.23. The summed E-state index contributed by atoms with van der Waals surface area (Å²) in [5.41, 5.74) is 0.485. The molecule has 0 spiro atoms. The van der Waals surface area contributed by atoms with Crippen LogP contribution < -0.4 is 0 Å². The maximum absolute atomic E-state index is 11.6. The quantitative estimate of drug-likeness (QED) is 0.794. The standard InChI is InChI=1S/C12H18O4S/c1-3-4-5-6-9-7-10(13)8-11(14)12(9)17(2,15)16/h7-8,13-14H,3-6H2,1-2H3. The molecule has 0 saturated heterocycles. The van der Waals surface area contributed by atoms with Crippen LogP contribution in [-0.4, -0.2) is 24.9 Å². The van der Waals surface area contributed by atoms with Crippen molar-refractivity contribution < 1.29 is 18.6 Å². The minimum atomic E-state index is -3.48. The minimum absolute atomic E-state index is 0.0635. The van der Waals surface area contributed by atoms with Gasteiger partial charge in [0.15, 0.2) is 9.84 Å². The fourth-order valence-corrected chi connectivity index (χ4v) is 2.91. The predicted octanol–water partition coefficient (Wildman–Crippen LogP) is 2.23. The molecule has 0 fully saturated rings. The van der Waals surface area contributed by atoms with Crippen LogP contribution in [0.4, 0.5) is 0 Å². The fraction of sp³-hybridized carbons (Fsp3) is 0.500. The molecule has 0 aliphatic carbocycles. The predicted molar refractivity (Wildman–Crippen MR) is 66.1 cm³/mol. The number of hydrogen-bond donors (Lipinski definition) is 2. The molecule has 1 aromatic carbocycles. The summed E-state index contributed by atoms with van der Waals surface area (Å²) >= 11 is 0. The Balaban J connectivity index is 3.17. The molecule has 0 heterocycles. The van der Waals surface area contributed by atoms with Gasteiger partial charge < -0.3 is 10.2 Å². The van der Waals surface area contributed by atoms with Crippen LogP contribution in [0.2, 0.25) is 0 Å². The second kappa shape index (κ2) is 5.40. The fourth-order valence-electron chi connectivity index (χ4n) is 1.84. The molecule has 2 N–H and O–H groups in total. The molecule has 0 amide bonds. The molecule has 0 aliphatic heterocycles. The molecular weight excluding hydrogens is 240 g/mol. The highest BCUT2D eigenvalue weighted by Gasteiger charge is 2.19. The van der Waals surface area contributed by atoms with Crippen molar-refractivity contribution in [1.82, 2.24) is 0 Å². The summed E-state index contributed by atoms with van der Waals surface area (Å²) < 4.78 is 23.2. The molecule has 0 unspecified atom stereocenters. The Kier molecular flexibility index (Phi) is 4.40. The zero-order valence-corrected chi connectivity index (χ0v) is 10.9. The van der Waals surface area contributed by atoms with Gasteiger partial charge in [-0.05, 0) is 24.5 Å². The van der Waals surface area contributed by atoms with E-state index in [0.29, 0.717) is 12.0 Å². The summed E-state index contributed by atoms with van der Waals surface area (Å²) in [4.78, 5) is -0.0635. The number of benzene rings is 1. The molecule has 0 saturated carbocycles. The average molecular weight is 258 g/mol. The second-order valence-electron chi connectivity index (χ2n) is 4.18. The van der Waals surface area contributed by atoms with Crippen molar-refractivity contribution in [2.75, 3.05) is 6.26 Å². The summed E-state index contributed by atoms with van der Waals surface area (Å²) in [5.74, 6) is -0.486. The lowest BCUT2D eigenvalue weighted by Crippen LogP contribution is -2.03. The van der Waals surface area contributed by atoms with Gasteiger partial charge in [-0.25, -0.2) is 8.42 Å². The molecule has 0 radical (unpaired) electrons. The van der Waals surface area contributed by atoms with Gasteiger partial charge in [-0.3, -0.25) is 0 Å². The Bertz CT molecular complexity index is 491. The van der Waals surface area contributed by atoms with Crippen molar-refractivity contribution in [2.24, 2.45) is 0 Å². The van der Waals surface area contributed by atoms with E-state index in [-0.39, 0.29) is 16.4 Å². The SMILES string of the molecule is CCCCCc1cc(O)cc(O)c1S(C)(=O)=O. The highest BCUT2D eigenvalue weighted by atomic mass is 32.2. The first-order chi connectivity index (χ1) is 7.86. The topological polar surface area (TPSA) is 74.6 Å². The Labute approximate surface area is 102 Å². The Morgan fingerprint density at radius 2 is 1.82 bits per heavy atom. The van der Waals surface area contributed by atoms with Gasteiger partial charge in [-0.15, -0.1) is 0 Å². The largest absolute Gasteiger partial charge is 0.508 e. The van der Waals surface area contributed by atoms with E-state index in [1.165, 1.54) is 6.07 Å². The summed E-state index contributed by atoms with van der Waals surface area (Å²) in [7, 11) is -3.48. The van der Waals surface area contributed by atoms with Crippen LogP contribution in [-0.2, 0) is 16.3 Å². The molecule has 0 aliphatic rings. The molecule has 1 rings (SSSR count). The normalized spacial score (nSPS) is 11.6. The van der Waals surface area contributed by atoms with Crippen molar-refractivity contribution in [1.29, 1.82) is 0 Å². The van der Waals surface area contributed by atoms with Gasteiger partial charge in [0.05, 0.1) is 0 Å². The third kappa shape index (κ3) is 3.63. The monoisotopic (exact) mass is 258 g/mol. The number of sulfone groups is 1. The smallest absolute Gasteiger partial charge is 0.179 e. The minimum Gasteiger partial charge on any atom is -0.508 e. The number of phenolic OH excluding ortho intramolecular Hbond substituents is 2. The third-order valence-electron chi connectivity index (χ3n) is 2.55. The van der Waals surface area contributed by atoms with Crippen LogP contribution in [0.5, 0.6) is 11.5 Å². The Morgan fingerprint density at radius 3 is 2.35 bits per heavy atom. The van der Waals surface area contributed by atoms with E-state index in [0.717, 1.165) is 31.6 Å². The summed E-state index contributed by atoms with van der Waals surface area (Å²) in [6.07, 6.45) is 4.45. The Morgan fingerprint density at radius 1 is 1.18 bits per heavy atom. The lowest BCUT2D eigenvalue weighted by Gasteiger charge is -2.10. The number of aryl methyl sites for hydroxylation is 1. The van der Waals surface area contributed by atoms with Gasteiger partial charge in [0.2, 0.25) is 0 Å². The molecule has 0 atom stereocenters. The summed E-state index contributed by atoms with van der Waals surface area (Å²) in [6, 6.07) is 2.46. The zero-order valence-electron chi connectivity index (χ0n) is 10.1. The van der Waals surface area contributed by atoms with E-state index in [1.807, 2.05) is 0 Å². The first-order valence-corrected chi connectivity index (χ1v) is 7.50. The molecule has 4 nitrogen and oxygen atoms in total. The van der Waals surface area contributed by atoms with E-state index in [2.05, 4.69) is 6.92 Å². The lowest BCUT2D eigenvalue weighted by atomic mass is 10.1. The van der Waals surface area contributed by atoms with Crippen molar-refractivity contribution in [3.05, 3.63) is 17.7 Å². The van der Waals surface area contributed by atoms with Gasteiger partial charge >= 0.3 is 0 Å². The second-order valence-corrected chi connectivity index (χ2v) is 6.13. The molecule has 17 heavy (non-hydrogen) atoms. The van der Waals surface area contributed by atoms with Gasteiger partial charge in [0.25, 0.3) is 0 Å². The third-order valence-corrected chi connectivity index (χ3v) is 3.76. The summed E-state index contributed by atoms with van der Waals surface area (Å²) in [5, 5.41) is 19.0. The van der Waals surface area contributed by atoms with E-state index in [9.17, 15) is 18.6 Å². The summed E-state index contributed by atoms with van der Waals surface area (Å²) in [6.45, 7) is 2.05. The van der Waals surface area contributed by atoms with Crippen LogP contribution in [0.25, 0.3) is 0 Å². The molecular formula is C12H18O4S. The van der Waals surface area contributed by atoms with Gasteiger partial charge in [0.1, 0.15) is 16.4 Å². The number of phenols is 2. The van der Waals surface area contributed by atoms with E-state index in [4.69, 9.17) is 0 Å². The van der Waals surface area contributed by atoms with Crippen molar-refractivity contribution in [3.8, 4) is 11.5 Å². The van der Waals surface area contributed by atoms with Crippen LogP contribution >= 0.6 is 0 Å². The van der Waals surface area contributed by atoms with Gasteiger partial charge in [0, 0.05) is 12.3 Å². The maximum Gasteiger partial charge on any atom is 0.179 e. The van der Waals surface area contributed by atoms with Crippen LogP contribution in [0.15, 0.2) is 17.0 Å².